The quantitative estimate of drug-likeness (QED) is 0.806. The van der Waals surface area contributed by atoms with E-state index in [0.29, 0.717) is 0 Å². The van der Waals surface area contributed by atoms with E-state index >= 15 is 0 Å². The Hall–Kier alpha value is -3.08. The third-order valence-corrected chi connectivity index (χ3v) is 3.95. The molecule has 2 aromatic carbocycles. The number of fused-ring (bicyclic) bond motifs is 1. The summed E-state index contributed by atoms with van der Waals surface area (Å²) in [6.45, 7) is 0. The highest BCUT2D eigenvalue weighted by atomic mass is 16.5. The second-order valence-electron chi connectivity index (χ2n) is 5.32. The number of hydrogen-bond donors (Lipinski definition) is 1. The number of aromatic nitrogens is 3. The predicted molar refractivity (Wildman–Crippen MR) is 89.2 cm³/mol. The maximum absolute atomic E-state index is 5.22. The summed E-state index contributed by atoms with van der Waals surface area (Å²) in [4.78, 5) is 4.32. The number of benzene rings is 2. The van der Waals surface area contributed by atoms with E-state index in [1.165, 1.54) is 5.56 Å². The zero-order chi connectivity index (χ0) is 15.6. The number of nitrogens with zero attached hydrogens (tertiary/aromatic N) is 3. The van der Waals surface area contributed by atoms with Crippen LogP contribution in [0.4, 0.5) is 5.95 Å². The van der Waals surface area contributed by atoms with Crippen LogP contribution in [0, 0.1) is 0 Å². The van der Waals surface area contributed by atoms with Crippen LogP contribution >= 0.6 is 0 Å². The van der Waals surface area contributed by atoms with Crippen LogP contribution in [0.1, 0.15) is 17.2 Å². The van der Waals surface area contributed by atoms with Crippen molar-refractivity contribution in [1.82, 2.24) is 14.8 Å². The largest absolute Gasteiger partial charge is 0.497 e. The van der Waals surface area contributed by atoms with E-state index in [4.69, 9.17) is 4.74 Å². The molecule has 5 nitrogen and oxygen atoms in total. The molecule has 1 N–H and O–H groups in total. The normalized spacial score (nSPS) is 16.2. The number of anilines is 1. The molecular formula is C18H16N4O. The lowest BCUT2D eigenvalue weighted by Gasteiger charge is -2.24. The van der Waals surface area contributed by atoms with Gasteiger partial charge in [-0.2, -0.15) is 10.1 Å². The maximum atomic E-state index is 5.22. The molecule has 0 fully saturated rings. The van der Waals surface area contributed by atoms with E-state index in [-0.39, 0.29) is 6.04 Å². The van der Waals surface area contributed by atoms with Gasteiger partial charge < -0.3 is 10.1 Å². The molecule has 2 heterocycles. The molecule has 1 aliphatic rings. The number of hydrogen-bond acceptors (Lipinski definition) is 4. The van der Waals surface area contributed by atoms with Crippen LogP contribution < -0.4 is 10.1 Å². The Bertz CT molecular complexity index is 837. The molecule has 0 amide bonds. The zero-order valence-corrected chi connectivity index (χ0v) is 12.7. The van der Waals surface area contributed by atoms with Gasteiger partial charge in [-0.3, -0.25) is 0 Å². The second kappa shape index (κ2) is 5.61. The summed E-state index contributed by atoms with van der Waals surface area (Å²) in [6, 6.07) is 18.3. The van der Waals surface area contributed by atoms with Crippen molar-refractivity contribution < 1.29 is 4.74 Å². The third-order valence-electron chi connectivity index (χ3n) is 3.95. The molecule has 5 heteroatoms. The molecule has 0 saturated heterocycles. The minimum Gasteiger partial charge on any atom is -0.497 e. The molecule has 1 atom stereocenters. The molecule has 0 radical (unpaired) electrons. The molecule has 0 aliphatic carbocycles. The fraction of sp³-hybridized carbons (Fsp3) is 0.111. The van der Waals surface area contributed by atoms with E-state index in [0.717, 1.165) is 23.0 Å². The van der Waals surface area contributed by atoms with Gasteiger partial charge in [0.1, 0.15) is 18.1 Å². The zero-order valence-electron chi connectivity index (χ0n) is 12.7. The van der Waals surface area contributed by atoms with Crippen molar-refractivity contribution in [3.05, 3.63) is 78.1 Å². The summed E-state index contributed by atoms with van der Waals surface area (Å²) in [5.41, 5.74) is 3.27. The topological polar surface area (TPSA) is 52.0 Å². The molecule has 0 bridgehead atoms. The van der Waals surface area contributed by atoms with Gasteiger partial charge in [-0.1, -0.05) is 30.3 Å². The SMILES string of the molecule is COc1ccc(C2=CC(c3ccccc3)n3ncnc3N2)cc1. The van der Waals surface area contributed by atoms with Crippen LogP contribution in [0.15, 0.2) is 67.0 Å². The Balaban J connectivity index is 1.77. The van der Waals surface area contributed by atoms with Gasteiger partial charge in [-0.15, -0.1) is 0 Å². The van der Waals surface area contributed by atoms with Gasteiger partial charge in [0.2, 0.25) is 5.95 Å². The number of rotatable bonds is 3. The van der Waals surface area contributed by atoms with Crippen molar-refractivity contribution in [2.75, 3.05) is 12.4 Å². The van der Waals surface area contributed by atoms with Crippen molar-refractivity contribution in [3.8, 4) is 5.75 Å². The number of allylic oxidation sites excluding steroid dienone is 1. The Morgan fingerprint density at radius 2 is 1.83 bits per heavy atom. The highest BCUT2D eigenvalue weighted by Crippen LogP contribution is 2.32. The minimum absolute atomic E-state index is 0.0204. The van der Waals surface area contributed by atoms with Gasteiger partial charge in [-0.25, -0.2) is 4.68 Å². The Morgan fingerprint density at radius 3 is 2.57 bits per heavy atom. The average Bonchev–Trinajstić information content (AvgIpc) is 3.10. The smallest absolute Gasteiger partial charge is 0.226 e. The molecule has 1 unspecified atom stereocenters. The van der Waals surface area contributed by atoms with Crippen LogP contribution in [0.25, 0.3) is 5.70 Å². The molecule has 1 aliphatic heterocycles. The summed E-state index contributed by atoms with van der Waals surface area (Å²) in [6.07, 6.45) is 3.74. The van der Waals surface area contributed by atoms with Crippen molar-refractivity contribution in [1.29, 1.82) is 0 Å². The first kappa shape index (κ1) is 13.6. The van der Waals surface area contributed by atoms with Gasteiger partial charge >= 0.3 is 0 Å². The highest BCUT2D eigenvalue weighted by Gasteiger charge is 2.23. The van der Waals surface area contributed by atoms with Gasteiger partial charge in [0, 0.05) is 5.70 Å². The molecular weight excluding hydrogens is 288 g/mol. The lowest BCUT2D eigenvalue weighted by atomic mass is 10.0. The van der Waals surface area contributed by atoms with Crippen molar-refractivity contribution in [2.45, 2.75) is 6.04 Å². The summed E-state index contributed by atoms with van der Waals surface area (Å²) in [5.74, 6) is 1.58. The maximum Gasteiger partial charge on any atom is 0.226 e. The summed E-state index contributed by atoms with van der Waals surface area (Å²) < 4.78 is 7.12. The molecule has 0 saturated carbocycles. The molecule has 23 heavy (non-hydrogen) atoms. The van der Waals surface area contributed by atoms with Gasteiger partial charge in [-0.05, 0) is 41.5 Å². The fourth-order valence-corrected chi connectivity index (χ4v) is 2.76. The highest BCUT2D eigenvalue weighted by molar-refractivity contribution is 5.77. The number of methoxy groups -OCH3 is 1. The van der Waals surface area contributed by atoms with Crippen molar-refractivity contribution in [3.63, 3.8) is 0 Å². The molecule has 114 valence electrons. The number of nitrogens with one attached hydrogen (secondary N) is 1. The molecule has 1 aromatic heterocycles. The molecule has 3 aromatic rings. The Kier molecular flexibility index (Phi) is 3.31. The van der Waals surface area contributed by atoms with E-state index in [1.54, 1.807) is 13.4 Å². The van der Waals surface area contributed by atoms with Gasteiger partial charge in [0.25, 0.3) is 0 Å². The van der Waals surface area contributed by atoms with Crippen molar-refractivity contribution >= 4 is 11.6 Å². The standard InChI is InChI=1S/C18H16N4O/c1-23-15-9-7-13(8-10-15)16-11-17(14-5-3-2-4-6-14)22-18(21-16)19-12-20-22/h2-12,17H,1H3,(H,19,20,21). The monoisotopic (exact) mass is 304 g/mol. The lowest BCUT2D eigenvalue weighted by molar-refractivity contribution is 0.415. The van der Waals surface area contributed by atoms with Crippen LogP contribution in [0.2, 0.25) is 0 Å². The molecule has 4 rings (SSSR count). The second-order valence-corrected chi connectivity index (χ2v) is 5.32. The Morgan fingerprint density at radius 1 is 1.04 bits per heavy atom. The summed E-state index contributed by atoms with van der Waals surface area (Å²) in [7, 11) is 1.67. The summed E-state index contributed by atoms with van der Waals surface area (Å²) in [5, 5.41) is 7.69. The third kappa shape index (κ3) is 2.46. The first-order chi connectivity index (χ1) is 11.3. The van der Waals surface area contributed by atoms with E-state index in [9.17, 15) is 0 Å². The van der Waals surface area contributed by atoms with E-state index in [1.807, 2.05) is 47.1 Å². The van der Waals surface area contributed by atoms with Crippen molar-refractivity contribution in [2.24, 2.45) is 0 Å². The Labute approximate surface area is 134 Å². The minimum atomic E-state index is 0.0204. The first-order valence-electron chi connectivity index (χ1n) is 7.43. The summed E-state index contributed by atoms with van der Waals surface area (Å²) >= 11 is 0. The van der Waals surface area contributed by atoms with Crippen LogP contribution in [-0.2, 0) is 0 Å². The number of ether oxygens (including phenoxy) is 1. The van der Waals surface area contributed by atoms with Crippen LogP contribution in [-0.4, -0.2) is 21.9 Å². The van der Waals surface area contributed by atoms with Gasteiger partial charge in [0.15, 0.2) is 0 Å². The lowest BCUT2D eigenvalue weighted by Crippen LogP contribution is -2.20. The van der Waals surface area contributed by atoms with E-state index < -0.39 is 0 Å². The molecule has 0 spiro atoms. The average molecular weight is 304 g/mol. The van der Waals surface area contributed by atoms with Crippen LogP contribution in [0.5, 0.6) is 5.75 Å². The first-order valence-corrected chi connectivity index (χ1v) is 7.43. The predicted octanol–water partition coefficient (Wildman–Crippen LogP) is 3.34. The van der Waals surface area contributed by atoms with E-state index in [2.05, 4.69) is 33.6 Å². The van der Waals surface area contributed by atoms with Gasteiger partial charge in [0.05, 0.1) is 7.11 Å². The fourth-order valence-electron chi connectivity index (χ4n) is 2.76. The van der Waals surface area contributed by atoms with Crippen LogP contribution in [0.3, 0.4) is 0 Å².